The molecule has 0 bridgehead atoms. The molecule has 6 heteroatoms. The molecule has 2 aliphatic heterocycles. The molecule has 2 heterocycles. The average Bonchev–Trinajstić information content (AvgIpc) is 2.77. The summed E-state index contributed by atoms with van der Waals surface area (Å²) in [5, 5.41) is 0. The van der Waals surface area contributed by atoms with Gasteiger partial charge in [-0.25, -0.2) is 8.78 Å². The van der Waals surface area contributed by atoms with Crippen molar-refractivity contribution in [3.05, 3.63) is 76.9 Å². The number of rotatable bonds is 6. The van der Waals surface area contributed by atoms with Crippen LogP contribution in [0.25, 0.3) is 6.08 Å². The van der Waals surface area contributed by atoms with Crippen molar-refractivity contribution in [3.8, 4) is 0 Å². The van der Waals surface area contributed by atoms with Gasteiger partial charge in [-0.3, -0.25) is 14.6 Å². The number of carbonyl (C=O) groups is 1. The number of hydrogen-bond acceptors (Lipinski definition) is 3. The molecule has 0 saturated carbocycles. The van der Waals surface area contributed by atoms with Gasteiger partial charge >= 0.3 is 0 Å². The quantitative estimate of drug-likeness (QED) is 0.662. The largest absolute Gasteiger partial charge is 0.337 e. The monoisotopic (exact) mass is 425 g/mol. The van der Waals surface area contributed by atoms with E-state index < -0.39 is 11.6 Å². The predicted octanol–water partition coefficient (Wildman–Crippen LogP) is 3.57. The van der Waals surface area contributed by atoms with E-state index in [0.717, 1.165) is 58.2 Å². The van der Waals surface area contributed by atoms with E-state index in [0.29, 0.717) is 18.7 Å². The molecule has 4 rings (SSSR count). The van der Waals surface area contributed by atoms with E-state index in [1.54, 1.807) is 4.90 Å². The van der Waals surface area contributed by atoms with Crippen molar-refractivity contribution in [2.24, 2.45) is 0 Å². The molecule has 1 amide bonds. The van der Waals surface area contributed by atoms with E-state index >= 15 is 0 Å². The topological polar surface area (TPSA) is 26.8 Å². The first-order valence-corrected chi connectivity index (χ1v) is 11.0. The minimum absolute atomic E-state index is 0.115. The van der Waals surface area contributed by atoms with Crippen LogP contribution in [0.15, 0.2) is 48.5 Å². The molecule has 0 radical (unpaired) electrons. The van der Waals surface area contributed by atoms with Gasteiger partial charge in [0.2, 0.25) is 5.91 Å². The molecule has 0 spiro atoms. The summed E-state index contributed by atoms with van der Waals surface area (Å²) < 4.78 is 26.5. The van der Waals surface area contributed by atoms with Crippen LogP contribution in [0, 0.1) is 11.6 Å². The zero-order valence-corrected chi connectivity index (χ0v) is 17.8. The summed E-state index contributed by atoms with van der Waals surface area (Å²) in [6, 6.07) is 12.0. The van der Waals surface area contributed by atoms with Crippen molar-refractivity contribution >= 4 is 12.0 Å². The molecular formula is C25H29F2N3O. The molecule has 2 aromatic carbocycles. The van der Waals surface area contributed by atoms with Gasteiger partial charge in [-0.1, -0.05) is 24.3 Å². The Morgan fingerprint density at radius 3 is 2.29 bits per heavy atom. The van der Waals surface area contributed by atoms with Gasteiger partial charge in [0.25, 0.3) is 0 Å². The lowest BCUT2D eigenvalue weighted by molar-refractivity contribution is -0.127. The summed E-state index contributed by atoms with van der Waals surface area (Å²) in [7, 11) is 0. The number of piperazine rings is 1. The van der Waals surface area contributed by atoms with Crippen LogP contribution in [0.2, 0.25) is 0 Å². The Morgan fingerprint density at radius 2 is 1.55 bits per heavy atom. The second kappa shape index (κ2) is 10.2. The minimum Gasteiger partial charge on any atom is -0.337 e. The normalized spacial score (nSPS) is 17.8. The number of benzene rings is 2. The zero-order chi connectivity index (χ0) is 21.6. The lowest BCUT2D eigenvalue weighted by atomic mass is 10.00. The molecule has 2 aromatic rings. The third-order valence-corrected chi connectivity index (χ3v) is 6.15. The van der Waals surface area contributed by atoms with Crippen LogP contribution >= 0.6 is 0 Å². The molecule has 0 N–H and O–H groups in total. The van der Waals surface area contributed by atoms with Crippen LogP contribution in [0.5, 0.6) is 0 Å². The number of nitrogens with zero attached hydrogens (tertiary/aromatic N) is 3. The third-order valence-electron chi connectivity index (χ3n) is 6.15. The lowest BCUT2D eigenvalue weighted by Crippen LogP contribution is -2.48. The molecule has 164 valence electrons. The van der Waals surface area contributed by atoms with E-state index in [1.807, 2.05) is 0 Å². The van der Waals surface area contributed by atoms with E-state index in [2.05, 4.69) is 34.1 Å². The second-order valence-electron chi connectivity index (χ2n) is 8.35. The van der Waals surface area contributed by atoms with Crippen molar-refractivity contribution < 1.29 is 13.6 Å². The maximum absolute atomic E-state index is 13.3. The Kier molecular flexibility index (Phi) is 7.10. The lowest BCUT2D eigenvalue weighted by Gasteiger charge is -2.35. The summed E-state index contributed by atoms with van der Waals surface area (Å²) >= 11 is 0. The van der Waals surface area contributed by atoms with Gasteiger partial charge in [-0.15, -0.1) is 0 Å². The fourth-order valence-electron chi connectivity index (χ4n) is 4.40. The van der Waals surface area contributed by atoms with Crippen LogP contribution in [0.1, 0.15) is 23.1 Å². The fourth-order valence-corrected chi connectivity index (χ4v) is 4.40. The smallest absolute Gasteiger partial charge is 0.246 e. The number of amides is 1. The molecule has 0 aliphatic carbocycles. The van der Waals surface area contributed by atoms with Gasteiger partial charge < -0.3 is 4.90 Å². The maximum atomic E-state index is 13.3. The molecule has 4 nitrogen and oxygen atoms in total. The summed E-state index contributed by atoms with van der Waals surface area (Å²) in [6.07, 6.45) is 5.13. The van der Waals surface area contributed by atoms with Crippen molar-refractivity contribution in [2.45, 2.75) is 19.4 Å². The van der Waals surface area contributed by atoms with Gasteiger partial charge in [0.1, 0.15) is 11.6 Å². The van der Waals surface area contributed by atoms with Crippen molar-refractivity contribution in [2.75, 3.05) is 45.8 Å². The summed E-state index contributed by atoms with van der Waals surface area (Å²) in [5.74, 6) is -1.40. The molecule has 0 atom stereocenters. The fraction of sp³-hybridized carbons (Fsp3) is 0.400. The first-order chi connectivity index (χ1) is 15.1. The second-order valence-corrected chi connectivity index (χ2v) is 8.35. The first-order valence-electron chi connectivity index (χ1n) is 11.0. The van der Waals surface area contributed by atoms with Crippen LogP contribution < -0.4 is 0 Å². The molecular weight excluding hydrogens is 396 g/mol. The van der Waals surface area contributed by atoms with Crippen molar-refractivity contribution in [1.29, 1.82) is 0 Å². The third kappa shape index (κ3) is 5.99. The molecule has 2 aliphatic rings. The van der Waals surface area contributed by atoms with Crippen LogP contribution in [-0.4, -0.2) is 66.4 Å². The predicted molar refractivity (Wildman–Crippen MR) is 118 cm³/mol. The SMILES string of the molecule is O=C(/C=C/c1cc(F)cc(F)c1)N1CCN(CCCN2CCc3ccccc3C2)CC1. The van der Waals surface area contributed by atoms with E-state index in [4.69, 9.17) is 0 Å². The standard InChI is InChI=1S/C25H29F2N3O/c26-23-16-20(17-24(27)18-23)6-7-25(31)30-14-12-28(13-15-30)9-3-10-29-11-8-21-4-1-2-5-22(21)19-29/h1-2,4-7,16-18H,3,8-15,19H2/b7-6+. The minimum atomic E-state index is -0.644. The van der Waals surface area contributed by atoms with Gasteiger partial charge in [-0.05, 0) is 60.8 Å². The van der Waals surface area contributed by atoms with Crippen molar-refractivity contribution in [3.63, 3.8) is 0 Å². The molecule has 1 fully saturated rings. The molecule has 1 saturated heterocycles. The Balaban J connectivity index is 1.17. The van der Waals surface area contributed by atoms with Gasteiger partial charge in [0.05, 0.1) is 0 Å². The Morgan fingerprint density at radius 1 is 0.871 bits per heavy atom. The highest BCUT2D eigenvalue weighted by Crippen LogP contribution is 2.18. The van der Waals surface area contributed by atoms with Gasteiger partial charge in [0, 0.05) is 51.4 Å². The highest BCUT2D eigenvalue weighted by molar-refractivity contribution is 5.91. The molecule has 0 unspecified atom stereocenters. The van der Waals surface area contributed by atoms with Crippen LogP contribution in [0.4, 0.5) is 8.78 Å². The van der Waals surface area contributed by atoms with E-state index in [-0.39, 0.29) is 5.91 Å². The molecule has 31 heavy (non-hydrogen) atoms. The van der Waals surface area contributed by atoms with E-state index in [9.17, 15) is 13.6 Å². The van der Waals surface area contributed by atoms with Gasteiger partial charge in [0.15, 0.2) is 0 Å². The molecule has 0 aromatic heterocycles. The highest BCUT2D eigenvalue weighted by Gasteiger charge is 2.20. The van der Waals surface area contributed by atoms with Crippen LogP contribution in [0.3, 0.4) is 0 Å². The number of hydrogen-bond donors (Lipinski definition) is 0. The average molecular weight is 426 g/mol. The maximum Gasteiger partial charge on any atom is 0.246 e. The summed E-state index contributed by atoms with van der Waals surface area (Å²) in [6.45, 7) is 7.38. The summed E-state index contributed by atoms with van der Waals surface area (Å²) in [4.78, 5) is 19.1. The number of carbonyl (C=O) groups excluding carboxylic acids is 1. The van der Waals surface area contributed by atoms with Gasteiger partial charge in [-0.2, -0.15) is 0 Å². The Hall–Kier alpha value is -2.57. The number of fused-ring (bicyclic) bond motifs is 1. The zero-order valence-electron chi connectivity index (χ0n) is 17.8. The summed E-state index contributed by atoms with van der Waals surface area (Å²) in [5.41, 5.74) is 3.29. The Labute approximate surface area is 182 Å². The van der Waals surface area contributed by atoms with Crippen LogP contribution in [-0.2, 0) is 17.8 Å². The highest BCUT2D eigenvalue weighted by atomic mass is 19.1. The van der Waals surface area contributed by atoms with E-state index in [1.165, 1.54) is 35.4 Å². The first kappa shape index (κ1) is 21.7. The number of halogens is 2. The Bertz CT molecular complexity index is 918. The van der Waals surface area contributed by atoms with Crippen molar-refractivity contribution in [1.82, 2.24) is 14.7 Å².